The summed E-state index contributed by atoms with van der Waals surface area (Å²) >= 11 is 8.17. The van der Waals surface area contributed by atoms with Crippen LogP contribution in [0.5, 0.6) is 0 Å². The van der Waals surface area contributed by atoms with Gasteiger partial charge in [0.2, 0.25) is 0 Å². The van der Waals surface area contributed by atoms with Gasteiger partial charge in [0.05, 0.1) is 11.1 Å². The fourth-order valence-electron chi connectivity index (χ4n) is 2.77. The van der Waals surface area contributed by atoms with E-state index in [4.69, 9.17) is 11.6 Å². The second kappa shape index (κ2) is 6.97. The van der Waals surface area contributed by atoms with Gasteiger partial charge in [-0.3, -0.25) is 4.79 Å². The van der Waals surface area contributed by atoms with Crippen LogP contribution in [0.1, 0.15) is 49.4 Å². The number of hydrogen-bond acceptors (Lipinski definition) is 2. The molecule has 0 atom stereocenters. The van der Waals surface area contributed by atoms with Crippen molar-refractivity contribution in [3.63, 3.8) is 0 Å². The standard InChI is InChI=1S/C16H18ClIN2O/c1-2-11-5-7-16(10-19,8-6-11)20-15(21)12-3-4-14(18)13(17)9-12/h3-4,9,11H,2,5-8H2,1H3,(H,20,21). The molecule has 0 saturated heterocycles. The fourth-order valence-corrected chi connectivity index (χ4v) is 3.29. The summed E-state index contributed by atoms with van der Waals surface area (Å²) < 4.78 is 0.907. The lowest BCUT2D eigenvalue weighted by Crippen LogP contribution is -2.49. The van der Waals surface area contributed by atoms with Crippen molar-refractivity contribution < 1.29 is 4.79 Å². The predicted octanol–water partition coefficient (Wildman–Crippen LogP) is 4.54. The number of benzene rings is 1. The van der Waals surface area contributed by atoms with E-state index in [1.54, 1.807) is 12.1 Å². The number of nitrogens with one attached hydrogen (secondary N) is 1. The first kappa shape index (κ1) is 16.6. The topological polar surface area (TPSA) is 52.9 Å². The Hall–Kier alpha value is -0.800. The third kappa shape index (κ3) is 3.89. The van der Waals surface area contributed by atoms with Gasteiger partial charge < -0.3 is 5.32 Å². The number of nitriles is 1. The van der Waals surface area contributed by atoms with Crippen molar-refractivity contribution in [3.8, 4) is 6.07 Å². The van der Waals surface area contributed by atoms with Gasteiger partial charge in [0.15, 0.2) is 0 Å². The summed E-state index contributed by atoms with van der Waals surface area (Å²) in [5.74, 6) is 0.459. The lowest BCUT2D eigenvalue weighted by atomic mass is 9.76. The molecular formula is C16H18ClIN2O. The Bertz CT molecular complexity index is 574. The highest BCUT2D eigenvalue weighted by Gasteiger charge is 2.36. The maximum Gasteiger partial charge on any atom is 0.252 e. The van der Waals surface area contributed by atoms with Crippen LogP contribution in [0.15, 0.2) is 18.2 Å². The molecule has 1 fully saturated rings. The van der Waals surface area contributed by atoms with Crippen LogP contribution in [0.2, 0.25) is 5.02 Å². The average Bonchev–Trinajstić information content (AvgIpc) is 2.50. The van der Waals surface area contributed by atoms with Crippen LogP contribution in [0.3, 0.4) is 0 Å². The molecule has 1 saturated carbocycles. The number of rotatable bonds is 3. The third-order valence-electron chi connectivity index (χ3n) is 4.28. The Kier molecular flexibility index (Phi) is 5.50. The largest absolute Gasteiger partial charge is 0.334 e. The van der Waals surface area contributed by atoms with Crippen molar-refractivity contribution in [2.45, 2.75) is 44.6 Å². The Labute approximate surface area is 144 Å². The molecule has 1 amide bonds. The van der Waals surface area contributed by atoms with Gasteiger partial charge in [0.25, 0.3) is 5.91 Å². The lowest BCUT2D eigenvalue weighted by Gasteiger charge is -2.35. The number of carbonyl (C=O) groups is 1. The van der Waals surface area contributed by atoms with Crippen LogP contribution in [0.4, 0.5) is 0 Å². The van der Waals surface area contributed by atoms with Gasteiger partial charge in [0.1, 0.15) is 5.54 Å². The van der Waals surface area contributed by atoms with E-state index in [2.05, 4.69) is 40.9 Å². The van der Waals surface area contributed by atoms with Crippen LogP contribution < -0.4 is 5.32 Å². The molecule has 1 aromatic rings. The maximum absolute atomic E-state index is 12.4. The summed E-state index contributed by atoms with van der Waals surface area (Å²) in [5, 5.41) is 13.0. The first-order valence-corrected chi connectivity index (χ1v) is 8.64. The van der Waals surface area contributed by atoms with Crippen molar-refractivity contribution in [3.05, 3.63) is 32.4 Å². The Morgan fingerprint density at radius 1 is 1.52 bits per heavy atom. The number of amides is 1. The highest BCUT2D eigenvalue weighted by Crippen LogP contribution is 2.33. The molecule has 5 heteroatoms. The number of hydrogen-bond donors (Lipinski definition) is 1. The first-order chi connectivity index (χ1) is 9.99. The molecule has 1 aliphatic carbocycles. The van der Waals surface area contributed by atoms with Crippen LogP contribution in [0.25, 0.3) is 0 Å². The highest BCUT2D eigenvalue weighted by molar-refractivity contribution is 14.1. The van der Waals surface area contributed by atoms with Crippen molar-refractivity contribution in [2.75, 3.05) is 0 Å². The average molecular weight is 417 g/mol. The van der Waals surface area contributed by atoms with Gasteiger partial charge in [-0.1, -0.05) is 24.9 Å². The van der Waals surface area contributed by atoms with Crippen molar-refractivity contribution in [2.24, 2.45) is 5.92 Å². The van der Waals surface area contributed by atoms with Crippen molar-refractivity contribution in [1.82, 2.24) is 5.32 Å². The van der Waals surface area contributed by atoms with E-state index in [-0.39, 0.29) is 5.91 Å². The molecule has 0 heterocycles. The highest BCUT2D eigenvalue weighted by atomic mass is 127. The van der Waals surface area contributed by atoms with Gasteiger partial charge in [0, 0.05) is 9.13 Å². The van der Waals surface area contributed by atoms with Crippen molar-refractivity contribution in [1.29, 1.82) is 5.26 Å². The van der Waals surface area contributed by atoms with E-state index in [0.717, 1.165) is 35.7 Å². The molecule has 0 unspecified atom stereocenters. The molecule has 21 heavy (non-hydrogen) atoms. The molecule has 1 N–H and O–H groups in total. The molecule has 3 nitrogen and oxygen atoms in total. The van der Waals surface area contributed by atoms with Gasteiger partial charge in [-0.15, -0.1) is 0 Å². The molecule has 1 aromatic carbocycles. The SMILES string of the molecule is CCC1CCC(C#N)(NC(=O)c2ccc(I)c(Cl)c2)CC1. The van der Waals surface area contributed by atoms with Gasteiger partial charge in [-0.05, 0) is 72.4 Å². The summed E-state index contributed by atoms with van der Waals surface area (Å²) in [6.07, 6.45) is 4.59. The van der Waals surface area contributed by atoms with E-state index in [1.807, 2.05) is 6.07 Å². The first-order valence-electron chi connectivity index (χ1n) is 7.18. The third-order valence-corrected chi connectivity index (χ3v) is 5.86. The van der Waals surface area contributed by atoms with Crippen LogP contribution in [0, 0.1) is 20.8 Å². The quantitative estimate of drug-likeness (QED) is 0.736. The lowest BCUT2D eigenvalue weighted by molar-refractivity contribution is 0.0891. The van der Waals surface area contributed by atoms with Gasteiger partial charge >= 0.3 is 0 Å². The molecule has 112 valence electrons. The fraction of sp³-hybridized carbons (Fsp3) is 0.500. The minimum Gasteiger partial charge on any atom is -0.334 e. The zero-order valence-electron chi connectivity index (χ0n) is 12.0. The van der Waals surface area contributed by atoms with Gasteiger partial charge in [-0.2, -0.15) is 5.26 Å². The van der Waals surface area contributed by atoms with Gasteiger partial charge in [-0.25, -0.2) is 0 Å². The molecule has 0 radical (unpaired) electrons. The van der Waals surface area contributed by atoms with E-state index in [9.17, 15) is 10.1 Å². The monoisotopic (exact) mass is 416 g/mol. The predicted molar refractivity (Wildman–Crippen MR) is 92.2 cm³/mol. The van der Waals surface area contributed by atoms with Crippen molar-refractivity contribution >= 4 is 40.1 Å². The minimum atomic E-state index is -0.724. The smallest absolute Gasteiger partial charge is 0.252 e. The normalized spacial score (nSPS) is 25.1. The number of carbonyl (C=O) groups excluding carboxylic acids is 1. The molecule has 0 bridgehead atoms. The Morgan fingerprint density at radius 3 is 2.71 bits per heavy atom. The van der Waals surface area contributed by atoms with Crippen LogP contribution in [-0.4, -0.2) is 11.4 Å². The molecule has 1 aliphatic rings. The summed E-state index contributed by atoms with van der Waals surface area (Å²) in [6, 6.07) is 7.53. The summed E-state index contributed by atoms with van der Waals surface area (Å²) in [5.41, 5.74) is -0.217. The Balaban J connectivity index is 2.10. The minimum absolute atomic E-state index is 0.218. The molecule has 0 aliphatic heterocycles. The second-order valence-corrected chi connectivity index (χ2v) is 7.20. The number of nitrogens with zero attached hydrogens (tertiary/aromatic N) is 1. The zero-order chi connectivity index (χ0) is 15.5. The molecule has 0 aromatic heterocycles. The molecule has 0 spiro atoms. The van der Waals surface area contributed by atoms with Crippen LogP contribution in [-0.2, 0) is 0 Å². The van der Waals surface area contributed by atoms with E-state index >= 15 is 0 Å². The summed E-state index contributed by atoms with van der Waals surface area (Å²) in [7, 11) is 0. The zero-order valence-corrected chi connectivity index (χ0v) is 14.9. The maximum atomic E-state index is 12.4. The number of halogens is 2. The van der Waals surface area contributed by atoms with E-state index in [1.165, 1.54) is 0 Å². The summed E-state index contributed by atoms with van der Waals surface area (Å²) in [6.45, 7) is 2.18. The second-order valence-electron chi connectivity index (χ2n) is 5.63. The molecule has 2 rings (SSSR count). The van der Waals surface area contributed by atoms with E-state index in [0.29, 0.717) is 16.5 Å². The van der Waals surface area contributed by atoms with Crippen LogP contribution >= 0.6 is 34.2 Å². The summed E-state index contributed by atoms with van der Waals surface area (Å²) in [4.78, 5) is 12.4. The van der Waals surface area contributed by atoms with E-state index < -0.39 is 5.54 Å². The Morgan fingerprint density at radius 2 is 2.19 bits per heavy atom. The molecular weight excluding hydrogens is 399 g/mol.